The van der Waals surface area contributed by atoms with Crippen LogP contribution in [0.5, 0.6) is 5.75 Å². The van der Waals surface area contributed by atoms with Crippen LogP contribution in [0.25, 0.3) is 22.6 Å². The number of methoxy groups -OCH3 is 1. The van der Waals surface area contributed by atoms with E-state index in [0.717, 1.165) is 38.4 Å². The predicted molar refractivity (Wildman–Crippen MR) is 135 cm³/mol. The number of amides is 1. The van der Waals surface area contributed by atoms with Gasteiger partial charge in [0.25, 0.3) is 5.56 Å². The van der Waals surface area contributed by atoms with Gasteiger partial charge in [0.2, 0.25) is 17.6 Å². The fourth-order valence-corrected chi connectivity index (χ4v) is 4.09. The molecule has 0 unspecified atom stereocenters. The predicted octanol–water partition coefficient (Wildman–Crippen LogP) is 2.36. The molecule has 1 fully saturated rings. The Hall–Kier alpha value is -3.50. The second-order valence-corrected chi connectivity index (χ2v) is 9.77. The van der Waals surface area contributed by atoms with Crippen LogP contribution in [0.2, 0.25) is 0 Å². The standard InChI is InChI=1S/C26H33N5O5/c1-26(2,3)28-22(32)17-31-21(18-6-5-7-19(16-18)34-4)9-8-20(25(31)33)24-27-23(36-29-24)10-11-30-12-14-35-15-13-30/h5-9,16H,10-15,17H2,1-4H3,(H,28,32). The topological polar surface area (TPSA) is 112 Å². The van der Waals surface area contributed by atoms with E-state index in [4.69, 9.17) is 14.0 Å². The molecule has 0 saturated carbocycles. The average Bonchev–Trinajstić information content (AvgIpc) is 3.32. The van der Waals surface area contributed by atoms with E-state index in [2.05, 4.69) is 20.4 Å². The van der Waals surface area contributed by atoms with Crippen LogP contribution >= 0.6 is 0 Å². The number of aromatic nitrogens is 3. The Balaban J connectivity index is 1.65. The Kier molecular flexibility index (Phi) is 7.85. The van der Waals surface area contributed by atoms with Crippen molar-refractivity contribution in [1.29, 1.82) is 0 Å². The van der Waals surface area contributed by atoms with Crippen LogP contribution in [0.15, 0.2) is 45.7 Å². The van der Waals surface area contributed by atoms with E-state index >= 15 is 0 Å². The number of benzene rings is 1. The number of carbonyl (C=O) groups excluding carboxylic acids is 1. The Morgan fingerprint density at radius 3 is 2.67 bits per heavy atom. The van der Waals surface area contributed by atoms with Gasteiger partial charge in [-0.05, 0) is 45.0 Å². The molecule has 1 amide bonds. The van der Waals surface area contributed by atoms with E-state index in [1.54, 1.807) is 19.2 Å². The highest BCUT2D eigenvalue weighted by Gasteiger charge is 2.21. The van der Waals surface area contributed by atoms with Crippen molar-refractivity contribution < 1.29 is 18.8 Å². The van der Waals surface area contributed by atoms with Crippen LogP contribution in [-0.4, -0.2) is 71.0 Å². The lowest BCUT2D eigenvalue weighted by molar-refractivity contribution is -0.123. The second-order valence-electron chi connectivity index (χ2n) is 9.77. The van der Waals surface area contributed by atoms with E-state index in [1.165, 1.54) is 4.57 Å². The first kappa shape index (κ1) is 25.6. The smallest absolute Gasteiger partial charge is 0.262 e. The number of nitrogens with one attached hydrogen (secondary N) is 1. The summed E-state index contributed by atoms with van der Waals surface area (Å²) in [6.45, 7) is 9.48. The van der Waals surface area contributed by atoms with Crippen LogP contribution in [0.1, 0.15) is 26.7 Å². The molecule has 0 bridgehead atoms. The van der Waals surface area contributed by atoms with E-state index in [-0.39, 0.29) is 29.4 Å². The summed E-state index contributed by atoms with van der Waals surface area (Å²) in [4.78, 5) is 33.2. The van der Waals surface area contributed by atoms with Crippen molar-refractivity contribution in [2.24, 2.45) is 0 Å². The molecule has 3 heterocycles. The third kappa shape index (κ3) is 6.38. The molecule has 0 atom stereocenters. The number of carbonyl (C=O) groups is 1. The van der Waals surface area contributed by atoms with E-state index in [0.29, 0.717) is 23.8 Å². The molecule has 0 aliphatic carbocycles. The molecule has 0 radical (unpaired) electrons. The van der Waals surface area contributed by atoms with Gasteiger partial charge in [-0.25, -0.2) is 0 Å². The molecule has 36 heavy (non-hydrogen) atoms. The lowest BCUT2D eigenvalue weighted by Crippen LogP contribution is -2.43. The monoisotopic (exact) mass is 495 g/mol. The number of morpholine rings is 1. The molecule has 10 nitrogen and oxygen atoms in total. The quantitative estimate of drug-likeness (QED) is 0.507. The van der Waals surface area contributed by atoms with Gasteiger partial charge in [0.15, 0.2) is 0 Å². The van der Waals surface area contributed by atoms with Crippen molar-refractivity contribution in [3.63, 3.8) is 0 Å². The molecule has 1 aliphatic rings. The van der Waals surface area contributed by atoms with Crippen molar-refractivity contribution in [2.75, 3.05) is 40.0 Å². The van der Waals surface area contributed by atoms with Gasteiger partial charge >= 0.3 is 0 Å². The van der Waals surface area contributed by atoms with Gasteiger partial charge in [-0.3, -0.25) is 19.1 Å². The fraction of sp³-hybridized carbons (Fsp3) is 0.462. The summed E-state index contributed by atoms with van der Waals surface area (Å²) in [6, 6.07) is 10.8. The molecular weight excluding hydrogens is 462 g/mol. The second kappa shape index (κ2) is 11.0. The minimum Gasteiger partial charge on any atom is -0.497 e. The highest BCUT2D eigenvalue weighted by atomic mass is 16.5. The average molecular weight is 496 g/mol. The fourth-order valence-electron chi connectivity index (χ4n) is 4.09. The number of ether oxygens (including phenoxy) is 2. The molecule has 2 aromatic heterocycles. The summed E-state index contributed by atoms with van der Waals surface area (Å²) in [6.07, 6.45) is 0.580. The van der Waals surface area contributed by atoms with Crippen LogP contribution in [0.3, 0.4) is 0 Å². The Morgan fingerprint density at radius 2 is 1.94 bits per heavy atom. The summed E-state index contributed by atoms with van der Waals surface area (Å²) in [5, 5.41) is 6.98. The largest absolute Gasteiger partial charge is 0.497 e. The van der Waals surface area contributed by atoms with Gasteiger partial charge in [-0.2, -0.15) is 4.98 Å². The van der Waals surface area contributed by atoms with Crippen LogP contribution < -0.4 is 15.6 Å². The van der Waals surface area contributed by atoms with E-state index in [1.807, 2.05) is 45.0 Å². The summed E-state index contributed by atoms with van der Waals surface area (Å²) < 4.78 is 17.6. The van der Waals surface area contributed by atoms with Crippen molar-refractivity contribution in [3.8, 4) is 28.4 Å². The van der Waals surface area contributed by atoms with Crippen LogP contribution in [0, 0.1) is 0 Å². The molecule has 0 spiro atoms. The molecule has 4 rings (SSSR count). The molecule has 1 saturated heterocycles. The number of hydrogen-bond acceptors (Lipinski definition) is 8. The number of nitrogens with zero attached hydrogens (tertiary/aromatic N) is 4. The molecule has 3 aromatic rings. The molecule has 1 aromatic carbocycles. The molecular formula is C26H33N5O5. The summed E-state index contributed by atoms with van der Waals surface area (Å²) in [7, 11) is 1.58. The SMILES string of the molecule is COc1cccc(-c2ccc(-c3noc(CCN4CCOCC4)n3)c(=O)n2CC(=O)NC(C)(C)C)c1. The number of pyridine rings is 1. The van der Waals surface area contributed by atoms with Gasteiger partial charge in [-0.15, -0.1) is 0 Å². The molecule has 1 aliphatic heterocycles. The highest BCUT2D eigenvalue weighted by Crippen LogP contribution is 2.25. The van der Waals surface area contributed by atoms with Gasteiger partial charge in [0.1, 0.15) is 12.3 Å². The zero-order chi connectivity index (χ0) is 25.7. The maximum atomic E-state index is 13.6. The Labute approximate surface area is 210 Å². The zero-order valence-corrected chi connectivity index (χ0v) is 21.2. The first-order valence-electron chi connectivity index (χ1n) is 12.1. The molecule has 1 N–H and O–H groups in total. The first-order valence-corrected chi connectivity index (χ1v) is 12.1. The first-order chi connectivity index (χ1) is 17.2. The Bertz CT molecular complexity index is 1250. The minimum absolute atomic E-state index is 0.155. The van der Waals surface area contributed by atoms with E-state index < -0.39 is 5.54 Å². The lowest BCUT2D eigenvalue weighted by atomic mass is 10.1. The maximum Gasteiger partial charge on any atom is 0.262 e. The maximum absolute atomic E-state index is 13.6. The third-order valence-corrected chi connectivity index (χ3v) is 5.81. The van der Waals surface area contributed by atoms with Crippen molar-refractivity contribution >= 4 is 5.91 Å². The van der Waals surface area contributed by atoms with Crippen LogP contribution in [-0.2, 0) is 22.5 Å². The number of rotatable bonds is 8. The molecule has 10 heteroatoms. The summed E-state index contributed by atoms with van der Waals surface area (Å²) in [5.41, 5.74) is 0.799. The van der Waals surface area contributed by atoms with Crippen molar-refractivity contribution in [2.45, 2.75) is 39.3 Å². The lowest BCUT2D eigenvalue weighted by Gasteiger charge is -2.25. The van der Waals surface area contributed by atoms with Gasteiger partial charge in [0, 0.05) is 37.2 Å². The van der Waals surface area contributed by atoms with Gasteiger partial charge in [-0.1, -0.05) is 17.3 Å². The van der Waals surface area contributed by atoms with Crippen molar-refractivity contribution in [1.82, 2.24) is 24.9 Å². The minimum atomic E-state index is -0.433. The summed E-state index contributed by atoms with van der Waals surface area (Å²) in [5.74, 6) is 1.05. The summed E-state index contributed by atoms with van der Waals surface area (Å²) >= 11 is 0. The van der Waals surface area contributed by atoms with Gasteiger partial charge in [0.05, 0.1) is 31.6 Å². The van der Waals surface area contributed by atoms with Gasteiger partial charge < -0.3 is 19.3 Å². The zero-order valence-electron chi connectivity index (χ0n) is 21.2. The number of hydrogen-bond donors (Lipinski definition) is 1. The highest BCUT2D eigenvalue weighted by molar-refractivity contribution is 5.78. The van der Waals surface area contributed by atoms with Crippen LogP contribution in [0.4, 0.5) is 0 Å². The third-order valence-electron chi connectivity index (χ3n) is 5.81. The molecule has 192 valence electrons. The Morgan fingerprint density at radius 1 is 1.17 bits per heavy atom. The van der Waals surface area contributed by atoms with Crippen molar-refractivity contribution in [3.05, 3.63) is 52.6 Å². The van der Waals surface area contributed by atoms with E-state index in [9.17, 15) is 9.59 Å². The normalized spacial score (nSPS) is 14.6.